The molecule has 1 aliphatic carbocycles. The Labute approximate surface area is 161 Å². The number of amides is 1. The molecule has 5 N–H and O–H groups in total. The van der Waals surface area contributed by atoms with Crippen LogP contribution in [0.15, 0.2) is 11.1 Å². The van der Waals surface area contributed by atoms with Crippen molar-refractivity contribution in [2.24, 2.45) is 12.2 Å². The average Bonchev–Trinajstić information content (AvgIpc) is 3.01. The van der Waals surface area contributed by atoms with Crippen molar-refractivity contribution in [1.29, 1.82) is 0 Å². The number of rotatable bonds is 5. The van der Waals surface area contributed by atoms with Gasteiger partial charge in [-0.2, -0.15) is 4.68 Å². The fourth-order valence-electron chi connectivity index (χ4n) is 3.19. The maximum absolute atomic E-state index is 12.6. The van der Waals surface area contributed by atoms with E-state index in [9.17, 15) is 22.2 Å². The Balaban J connectivity index is 1.83. The highest BCUT2D eigenvalue weighted by atomic mass is 32.2. The van der Waals surface area contributed by atoms with Gasteiger partial charge in [-0.15, -0.1) is 5.10 Å². The number of nitrogens with zero attached hydrogens (tertiary/aromatic N) is 5. The number of hydrogen-bond donors (Lipinski definition) is 4. The van der Waals surface area contributed by atoms with Gasteiger partial charge in [-0.25, -0.2) is 36.7 Å². The van der Waals surface area contributed by atoms with E-state index in [1.54, 1.807) is 0 Å². The fraction of sp³-hybridized carbons (Fsp3) is 0.583. The molecular weight excluding hydrogens is 416 g/mol. The van der Waals surface area contributed by atoms with Crippen molar-refractivity contribution in [3.63, 3.8) is 0 Å². The van der Waals surface area contributed by atoms with Crippen molar-refractivity contribution in [2.75, 3.05) is 0 Å². The molecule has 0 bridgehead atoms. The number of carbonyl (C=O) groups excluding carboxylic acids is 1. The molecule has 0 aromatic carbocycles. The number of fused-ring (bicyclic) bond motifs is 1. The maximum atomic E-state index is 12.6. The Morgan fingerprint density at radius 2 is 2.04 bits per heavy atom. The summed E-state index contributed by atoms with van der Waals surface area (Å²) in [6.45, 7) is 0. The molecule has 0 radical (unpaired) electrons. The summed E-state index contributed by atoms with van der Waals surface area (Å²) in [7, 11) is -2.53. The quantitative estimate of drug-likeness (QED) is 0.350. The van der Waals surface area contributed by atoms with Crippen LogP contribution in [0, 0.1) is 0 Å². The van der Waals surface area contributed by atoms with Gasteiger partial charge < -0.3 is 5.32 Å². The van der Waals surface area contributed by atoms with Gasteiger partial charge >= 0.3 is 5.69 Å². The second-order valence-electron chi connectivity index (χ2n) is 6.43. The van der Waals surface area contributed by atoms with E-state index in [4.69, 9.17) is 9.69 Å². The fourth-order valence-corrected chi connectivity index (χ4v) is 4.67. The van der Waals surface area contributed by atoms with Crippen LogP contribution in [-0.2, 0) is 28.3 Å². The van der Waals surface area contributed by atoms with Crippen molar-refractivity contribution in [1.82, 2.24) is 34.4 Å². The summed E-state index contributed by atoms with van der Waals surface area (Å²) in [5.74, 6) is -0.686. The van der Waals surface area contributed by atoms with Crippen molar-refractivity contribution < 1.29 is 22.0 Å². The number of nitrogens with one attached hydrogen (secondary N) is 2. The summed E-state index contributed by atoms with van der Waals surface area (Å²) in [5, 5.41) is 14.2. The van der Waals surface area contributed by atoms with Crippen LogP contribution in [0.2, 0.25) is 0 Å². The van der Waals surface area contributed by atoms with Crippen molar-refractivity contribution >= 4 is 32.8 Å². The molecular formula is C12H18N8O6S2. The minimum absolute atomic E-state index is 0.0278. The second kappa shape index (κ2) is 7.63. The molecule has 16 heteroatoms. The molecule has 2 aromatic rings. The predicted octanol–water partition coefficient (Wildman–Crippen LogP) is -3.14. The lowest BCUT2D eigenvalue weighted by atomic mass is 9.91. The molecule has 1 aliphatic rings. The van der Waals surface area contributed by atoms with Crippen LogP contribution in [0.25, 0.3) is 5.65 Å². The minimum Gasteiger partial charge on any atom is -0.348 e. The molecule has 0 saturated heterocycles. The zero-order valence-corrected chi connectivity index (χ0v) is 16.2. The van der Waals surface area contributed by atoms with E-state index in [0.29, 0.717) is 0 Å². The maximum Gasteiger partial charge on any atom is 0.352 e. The van der Waals surface area contributed by atoms with Crippen LogP contribution in [0.1, 0.15) is 29.8 Å². The van der Waals surface area contributed by atoms with E-state index in [1.807, 2.05) is 0 Å². The minimum atomic E-state index is -3.92. The SMILES string of the molecule is Cn1nnc2c(C(=O)NC3CC(NS(=O)O)CC(S(N)(=O)=O)C3)ncn2c1=O. The van der Waals surface area contributed by atoms with E-state index in [1.165, 1.54) is 7.05 Å². The number of hydrogen-bond acceptors (Lipinski definition) is 8. The third-order valence-corrected chi connectivity index (χ3v) is 6.29. The second-order valence-corrected chi connectivity index (χ2v) is 9.01. The first-order valence-electron chi connectivity index (χ1n) is 8.02. The smallest absolute Gasteiger partial charge is 0.348 e. The molecule has 14 nitrogen and oxygen atoms in total. The van der Waals surface area contributed by atoms with Crippen molar-refractivity contribution in [3.05, 3.63) is 22.5 Å². The molecule has 2 heterocycles. The Hall–Kier alpha value is -2.27. The first-order valence-corrected chi connectivity index (χ1v) is 10.7. The lowest BCUT2D eigenvalue weighted by molar-refractivity contribution is 0.0922. The number of imidazole rings is 1. The number of nitrogens with two attached hydrogens (primary N) is 1. The van der Waals surface area contributed by atoms with E-state index in [2.05, 4.69) is 25.3 Å². The molecule has 2 aromatic heterocycles. The van der Waals surface area contributed by atoms with Crippen LogP contribution in [-0.4, -0.2) is 64.8 Å². The van der Waals surface area contributed by atoms with Crippen molar-refractivity contribution in [3.8, 4) is 0 Å². The summed E-state index contributed by atoms with van der Waals surface area (Å²) < 4.78 is 47.9. The van der Waals surface area contributed by atoms with Crippen LogP contribution < -0.4 is 20.9 Å². The van der Waals surface area contributed by atoms with E-state index >= 15 is 0 Å². The summed E-state index contributed by atoms with van der Waals surface area (Å²) in [4.78, 5) is 28.4. The number of aromatic nitrogens is 5. The molecule has 28 heavy (non-hydrogen) atoms. The highest BCUT2D eigenvalue weighted by molar-refractivity contribution is 7.89. The first kappa shape index (κ1) is 20.5. The number of carbonyl (C=O) groups is 1. The first-order chi connectivity index (χ1) is 13.1. The zero-order chi connectivity index (χ0) is 20.6. The zero-order valence-electron chi connectivity index (χ0n) is 14.5. The molecule has 4 atom stereocenters. The van der Waals surface area contributed by atoms with Crippen LogP contribution >= 0.6 is 0 Å². The summed E-state index contributed by atoms with van der Waals surface area (Å²) in [6.07, 6.45) is 1.39. The molecule has 0 aliphatic heterocycles. The third kappa shape index (κ3) is 4.25. The lowest BCUT2D eigenvalue weighted by Gasteiger charge is -2.33. The Morgan fingerprint density at radius 3 is 2.68 bits per heavy atom. The van der Waals surface area contributed by atoms with Crippen LogP contribution in [0.4, 0.5) is 0 Å². The predicted molar refractivity (Wildman–Crippen MR) is 95.7 cm³/mol. The van der Waals surface area contributed by atoms with Crippen LogP contribution in [0.5, 0.6) is 0 Å². The molecule has 1 saturated carbocycles. The molecule has 1 fully saturated rings. The van der Waals surface area contributed by atoms with Gasteiger partial charge in [0.1, 0.15) is 6.33 Å². The normalized spacial score (nSPS) is 24.2. The topological polar surface area (TPSA) is 204 Å². The summed E-state index contributed by atoms with van der Waals surface area (Å²) in [5.41, 5.74) is -0.748. The molecule has 4 unspecified atom stereocenters. The number of aryl methyl sites for hydroxylation is 1. The highest BCUT2D eigenvalue weighted by Crippen LogP contribution is 2.24. The van der Waals surface area contributed by atoms with Gasteiger partial charge in [0, 0.05) is 19.1 Å². The number of primary sulfonamides is 1. The van der Waals surface area contributed by atoms with Crippen molar-refractivity contribution in [2.45, 2.75) is 36.6 Å². The Kier molecular flexibility index (Phi) is 5.57. The standard InChI is InChI=1S/C12H18N8O6S2/c1-19-12(22)20-5-14-9(10(20)16-18-19)11(21)15-6-2-7(17-27(23)24)4-8(3-6)28(13,25)26/h5-8,17H,2-4H2,1H3,(H,15,21)(H,23,24)(H2,13,25,26). The highest BCUT2D eigenvalue weighted by Gasteiger charge is 2.36. The third-order valence-electron chi connectivity index (χ3n) is 4.45. The van der Waals surface area contributed by atoms with Gasteiger partial charge in [-0.1, -0.05) is 5.21 Å². The summed E-state index contributed by atoms with van der Waals surface area (Å²) >= 11 is -2.35. The summed E-state index contributed by atoms with van der Waals surface area (Å²) in [6, 6.07) is -1.32. The van der Waals surface area contributed by atoms with Gasteiger partial charge in [0.2, 0.25) is 21.3 Å². The van der Waals surface area contributed by atoms with Gasteiger partial charge in [0.05, 0.1) is 5.25 Å². The lowest BCUT2D eigenvalue weighted by Crippen LogP contribution is -2.51. The van der Waals surface area contributed by atoms with E-state index in [-0.39, 0.29) is 30.6 Å². The van der Waals surface area contributed by atoms with E-state index in [0.717, 1.165) is 15.4 Å². The largest absolute Gasteiger partial charge is 0.352 e. The molecule has 0 spiro atoms. The monoisotopic (exact) mass is 434 g/mol. The molecule has 1 amide bonds. The van der Waals surface area contributed by atoms with Gasteiger partial charge in [-0.3, -0.25) is 9.35 Å². The van der Waals surface area contributed by atoms with Gasteiger partial charge in [0.25, 0.3) is 5.91 Å². The average molecular weight is 434 g/mol. The molecule has 154 valence electrons. The number of sulfonamides is 1. The van der Waals surface area contributed by atoms with Crippen LogP contribution in [0.3, 0.4) is 0 Å². The van der Waals surface area contributed by atoms with E-state index < -0.39 is 50.2 Å². The molecule has 3 rings (SSSR count). The Morgan fingerprint density at radius 1 is 1.36 bits per heavy atom. The Bertz CT molecular complexity index is 1100. The van der Waals surface area contributed by atoms with Gasteiger partial charge in [-0.05, 0) is 19.3 Å². The van der Waals surface area contributed by atoms with Gasteiger partial charge in [0.15, 0.2) is 11.3 Å².